The standard InChI is InChI=1S/C22H23NO4S2/c1-17(2)16-21(18-11-13-19(14-12-18)28(3,24)25)22-10-7-15-23(22)29(26,27)20-8-5-4-6-9-20/h4-17H,1-3H3. The Bertz CT molecular complexity index is 1240. The third-order valence-corrected chi connectivity index (χ3v) is 7.22. The Labute approximate surface area is 172 Å². The van der Waals surface area contributed by atoms with Crippen molar-refractivity contribution in [3.63, 3.8) is 0 Å². The number of allylic oxidation sites excluding steroid dienone is 1. The molecule has 0 N–H and O–H groups in total. The molecule has 0 aliphatic rings. The summed E-state index contributed by atoms with van der Waals surface area (Å²) in [6.45, 7) is 4.01. The third-order valence-electron chi connectivity index (χ3n) is 4.38. The van der Waals surface area contributed by atoms with Crippen LogP contribution in [-0.2, 0) is 19.9 Å². The topological polar surface area (TPSA) is 73.2 Å². The van der Waals surface area contributed by atoms with Crippen LogP contribution in [0.15, 0.2) is 88.8 Å². The molecule has 1 heterocycles. The van der Waals surface area contributed by atoms with Crippen LogP contribution in [0.4, 0.5) is 0 Å². The number of nitrogens with zero attached hydrogens (tertiary/aromatic N) is 1. The van der Waals surface area contributed by atoms with E-state index >= 15 is 0 Å². The highest BCUT2D eigenvalue weighted by Gasteiger charge is 2.21. The second-order valence-corrected chi connectivity index (χ2v) is 11.0. The zero-order valence-electron chi connectivity index (χ0n) is 16.5. The van der Waals surface area contributed by atoms with Crippen LogP contribution in [0.1, 0.15) is 25.1 Å². The zero-order chi connectivity index (χ0) is 21.2. The van der Waals surface area contributed by atoms with Crippen molar-refractivity contribution in [1.29, 1.82) is 0 Å². The molecule has 29 heavy (non-hydrogen) atoms. The van der Waals surface area contributed by atoms with E-state index in [1.807, 2.05) is 19.9 Å². The molecule has 1 aromatic heterocycles. The van der Waals surface area contributed by atoms with Gasteiger partial charge in [-0.05, 0) is 47.9 Å². The van der Waals surface area contributed by atoms with E-state index in [-0.39, 0.29) is 15.7 Å². The smallest absolute Gasteiger partial charge is 0.241 e. The Kier molecular flexibility index (Phi) is 5.82. The number of hydrogen-bond donors (Lipinski definition) is 0. The van der Waals surface area contributed by atoms with E-state index in [2.05, 4.69) is 0 Å². The van der Waals surface area contributed by atoms with Crippen molar-refractivity contribution in [2.24, 2.45) is 5.92 Å². The molecular formula is C22H23NO4S2. The molecule has 0 fully saturated rings. The molecule has 0 spiro atoms. The van der Waals surface area contributed by atoms with Gasteiger partial charge in [0.2, 0.25) is 0 Å². The summed E-state index contributed by atoms with van der Waals surface area (Å²) < 4.78 is 51.2. The van der Waals surface area contributed by atoms with Crippen LogP contribution in [0, 0.1) is 5.92 Å². The van der Waals surface area contributed by atoms with Crippen molar-refractivity contribution in [2.45, 2.75) is 23.6 Å². The summed E-state index contributed by atoms with van der Waals surface area (Å²) >= 11 is 0. The Morgan fingerprint density at radius 2 is 1.45 bits per heavy atom. The number of benzene rings is 2. The van der Waals surface area contributed by atoms with Gasteiger partial charge in [0.1, 0.15) is 0 Å². The van der Waals surface area contributed by atoms with Gasteiger partial charge in [-0.25, -0.2) is 20.8 Å². The Morgan fingerprint density at radius 3 is 2.00 bits per heavy atom. The first kappa shape index (κ1) is 21.1. The van der Waals surface area contributed by atoms with Crippen LogP contribution in [0.5, 0.6) is 0 Å². The molecule has 0 unspecified atom stereocenters. The molecule has 3 aromatic rings. The molecule has 0 amide bonds. The van der Waals surface area contributed by atoms with Gasteiger partial charge in [-0.1, -0.05) is 50.3 Å². The van der Waals surface area contributed by atoms with Gasteiger partial charge in [0.05, 0.1) is 15.5 Å². The van der Waals surface area contributed by atoms with Gasteiger partial charge in [-0.2, -0.15) is 0 Å². The number of sulfone groups is 1. The molecular weight excluding hydrogens is 406 g/mol. The van der Waals surface area contributed by atoms with E-state index in [1.165, 1.54) is 22.3 Å². The van der Waals surface area contributed by atoms with Gasteiger partial charge in [-0.3, -0.25) is 0 Å². The molecule has 0 aliphatic heterocycles. The summed E-state index contributed by atoms with van der Waals surface area (Å²) in [6, 6.07) is 18.2. The molecule has 0 saturated carbocycles. The summed E-state index contributed by atoms with van der Waals surface area (Å²) in [6.07, 6.45) is 4.66. The molecule has 0 atom stereocenters. The minimum absolute atomic E-state index is 0.155. The fourth-order valence-electron chi connectivity index (χ4n) is 3.03. The Balaban J connectivity index is 2.16. The minimum Gasteiger partial charge on any atom is -0.241 e. The van der Waals surface area contributed by atoms with Crippen molar-refractivity contribution >= 4 is 25.4 Å². The van der Waals surface area contributed by atoms with Gasteiger partial charge in [-0.15, -0.1) is 0 Å². The Morgan fingerprint density at radius 1 is 0.828 bits per heavy atom. The lowest BCUT2D eigenvalue weighted by Gasteiger charge is -2.15. The zero-order valence-corrected chi connectivity index (χ0v) is 18.1. The van der Waals surface area contributed by atoms with Crippen LogP contribution in [0.25, 0.3) is 5.57 Å². The van der Waals surface area contributed by atoms with Gasteiger partial charge in [0, 0.05) is 18.0 Å². The van der Waals surface area contributed by atoms with E-state index in [0.29, 0.717) is 5.69 Å². The second-order valence-electron chi connectivity index (χ2n) is 7.13. The fraction of sp³-hybridized carbons (Fsp3) is 0.182. The maximum absolute atomic E-state index is 13.2. The summed E-state index contributed by atoms with van der Waals surface area (Å²) in [5.41, 5.74) is 1.99. The summed E-state index contributed by atoms with van der Waals surface area (Å²) in [5, 5.41) is 0. The van der Waals surface area contributed by atoms with Crippen molar-refractivity contribution in [2.75, 3.05) is 6.26 Å². The molecule has 0 saturated heterocycles. The maximum atomic E-state index is 13.2. The molecule has 0 radical (unpaired) electrons. The highest BCUT2D eigenvalue weighted by atomic mass is 32.2. The second kappa shape index (κ2) is 8.00. The lowest BCUT2D eigenvalue weighted by molar-refractivity contribution is 0.587. The average Bonchev–Trinajstić information content (AvgIpc) is 3.16. The number of rotatable bonds is 6. The Hall–Kier alpha value is -2.64. The van der Waals surface area contributed by atoms with Gasteiger partial charge in [0.25, 0.3) is 10.0 Å². The molecule has 7 heteroatoms. The summed E-state index contributed by atoms with van der Waals surface area (Å²) in [4.78, 5) is 0.422. The van der Waals surface area contributed by atoms with E-state index in [0.717, 1.165) is 17.4 Å². The van der Waals surface area contributed by atoms with Crippen molar-refractivity contribution in [3.05, 3.63) is 90.3 Å². The number of hydrogen-bond acceptors (Lipinski definition) is 4. The van der Waals surface area contributed by atoms with Crippen molar-refractivity contribution in [3.8, 4) is 0 Å². The van der Waals surface area contributed by atoms with Gasteiger partial charge >= 0.3 is 0 Å². The van der Waals surface area contributed by atoms with E-state index < -0.39 is 19.9 Å². The molecule has 2 aromatic carbocycles. The van der Waals surface area contributed by atoms with Crippen LogP contribution in [0.2, 0.25) is 0 Å². The largest absolute Gasteiger partial charge is 0.268 e. The first-order chi connectivity index (χ1) is 13.6. The third kappa shape index (κ3) is 4.52. The van der Waals surface area contributed by atoms with E-state index in [4.69, 9.17) is 0 Å². The molecule has 0 bridgehead atoms. The fourth-order valence-corrected chi connectivity index (χ4v) is 5.04. The first-order valence-electron chi connectivity index (χ1n) is 9.11. The number of aromatic nitrogens is 1. The van der Waals surface area contributed by atoms with Gasteiger partial charge in [0.15, 0.2) is 9.84 Å². The summed E-state index contributed by atoms with van der Waals surface area (Å²) in [7, 11) is -7.08. The average molecular weight is 430 g/mol. The van der Waals surface area contributed by atoms with Crippen LogP contribution < -0.4 is 0 Å². The van der Waals surface area contributed by atoms with E-state index in [1.54, 1.807) is 54.6 Å². The van der Waals surface area contributed by atoms with Crippen LogP contribution in [-0.4, -0.2) is 27.1 Å². The SMILES string of the molecule is CC(C)C=C(c1ccc(S(C)(=O)=O)cc1)c1cccn1S(=O)(=O)c1ccccc1. The normalized spacial score (nSPS) is 13.0. The lowest BCUT2D eigenvalue weighted by atomic mass is 9.99. The predicted octanol–water partition coefficient (Wildman–Crippen LogP) is 4.22. The molecule has 5 nitrogen and oxygen atoms in total. The molecule has 0 aliphatic carbocycles. The first-order valence-corrected chi connectivity index (χ1v) is 12.4. The van der Waals surface area contributed by atoms with Crippen molar-refractivity contribution in [1.82, 2.24) is 3.97 Å². The highest BCUT2D eigenvalue weighted by Crippen LogP contribution is 2.29. The summed E-state index contributed by atoms with van der Waals surface area (Å²) in [5.74, 6) is 0.155. The lowest BCUT2D eigenvalue weighted by Crippen LogP contribution is -2.15. The highest BCUT2D eigenvalue weighted by molar-refractivity contribution is 7.90. The van der Waals surface area contributed by atoms with Crippen LogP contribution in [0.3, 0.4) is 0 Å². The van der Waals surface area contributed by atoms with Crippen molar-refractivity contribution < 1.29 is 16.8 Å². The van der Waals surface area contributed by atoms with Crippen LogP contribution >= 0.6 is 0 Å². The van der Waals surface area contributed by atoms with E-state index in [9.17, 15) is 16.8 Å². The van der Waals surface area contributed by atoms with Gasteiger partial charge < -0.3 is 0 Å². The maximum Gasteiger partial charge on any atom is 0.268 e. The molecule has 152 valence electrons. The quantitative estimate of drug-likeness (QED) is 0.588. The predicted molar refractivity (Wildman–Crippen MR) is 115 cm³/mol. The minimum atomic E-state index is -3.77. The molecule has 3 rings (SSSR count). The monoisotopic (exact) mass is 429 g/mol.